The molecule has 96 valence electrons. The number of nitrogen functional groups attached to an aromatic ring is 1. The average molecular weight is 239 g/mol. The molecule has 1 rings (SSSR count). The first-order valence-corrected chi connectivity index (χ1v) is 5.79. The van der Waals surface area contributed by atoms with Crippen molar-refractivity contribution in [2.75, 3.05) is 39.5 Å². The van der Waals surface area contributed by atoms with Gasteiger partial charge in [0.25, 0.3) is 5.91 Å². The van der Waals surface area contributed by atoms with Crippen molar-refractivity contribution in [2.24, 2.45) is 0 Å². The molecule has 1 amide bonds. The van der Waals surface area contributed by atoms with Crippen molar-refractivity contribution >= 4 is 11.7 Å². The maximum atomic E-state index is 12.1. The summed E-state index contributed by atoms with van der Waals surface area (Å²) >= 11 is 0. The minimum Gasteiger partial charge on any atom is -0.382 e. The van der Waals surface area contributed by atoms with E-state index in [0.29, 0.717) is 18.1 Å². The molecule has 0 saturated carbocycles. The van der Waals surface area contributed by atoms with E-state index in [4.69, 9.17) is 5.73 Å². The summed E-state index contributed by atoms with van der Waals surface area (Å²) < 4.78 is 0. The van der Waals surface area contributed by atoms with Crippen LogP contribution in [-0.2, 0) is 0 Å². The van der Waals surface area contributed by atoms with Gasteiger partial charge in [-0.25, -0.2) is 0 Å². The molecule has 0 radical (unpaired) electrons. The second-order valence-electron chi connectivity index (χ2n) is 4.30. The molecule has 0 saturated heterocycles. The van der Waals surface area contributed by atoms with E-state index >= 15 is 0 Å². The Labute approximate surface area is 102 Å². The zero-order valence-electron chi connectivity index (χ0n) is 10.7. The number of hydrogen-bond donors (Lipinski definition) is 2. The number of likely N-dealkylation sites (N-methyl/N-ethyl adjacent to an activating group) is 1. The Morgan fingerprint density at radius 2 is 2.12 bits per heavy atom. The minimum absolute atomic E-state index is 0.0436. The Hall–Kier alpha value is -1.56. The zero-order valence-corrected chi connectivity index (χ0v) is 10.7. The molecule has 0 bridgehead atoms. The number of anilines is 1. The van der Waals surface area contributed by atoms with Crippen molar-refractivity contribution in [3.8, 4) is 0 Å². The summed E-state index contributed by atoms with van der Waals surface area (Å²) in [6.07, 6.45) is 0.933. The van der Waals surface area contributed by atoms with E-state index in [1.54, 1.807) is 6.07 Å². The van der Waals surface area contributed by atoms with E-state index < -0.39 is 0 Å². The lowest BCUT2D eigenvalue weighted by molar-refractivity contribution is 0.0739. The van der Waals surface area contributed by atoms with Gasteiger partial charge in [-0.3, -0.25) is 9.89 Å². The predicted molar refractivity (Wildman–Crippen MR) is 67.7 cm³/mol. The molecule has 0 aromatic carbocycles. The van der Waals surface area contributed by atoms with Crippen LogP contribution in [0.25, 0.3) is 0 Å². The molecule has 1 aromatic rings. The number of carbonyl (C=O) groups is 1. The van der Waals surface area contributed by atoms with Crippen LogP contribution >= 0.6 is 0 Å². The number of hydrogen-bond acceptors (Lipinski definition) is 4. The molecular formula is C11H21N5O. The molecule has 0 atom stereocenters. The minimum atomic E-state index is -0.0436. The first kappa shape index (κ1) is 13.5. The Kier molecular flexibility index (Phi) is 4.96. The summed E-state index contributed by atoms with van der Waals surface area (Å²) in [5.41, 5.74) is 5.94. The molecule has 17 heavy (non-hydrogen) atoms. The van der Waals surface area contributed by atoms with Gasteiger partial charge >= 0.3 is 0 Å². The molecule has 6 nitrogen and oxygen atoms in total. The van der Waals surface area contributed by atoms with Crippen molar-refractivity contribution in [3.63, 3.8) is 0 Å². The lowest BCUT2D eigenvalue weighted by Crippen LogP contribution is -2.37. The number of amides is 1. The molecule has 3 N–H and O–H groups in total. The smallest absolute Gasteiger partial charge is 0.271 e. The molecule has 1 aromatic heterocycles. The third-order valence-corrected chi connectivity index (χ3v) is 2.43. The van der Waals surface area contributed by atoms with Crippen LogP contribution in [0.15, 0.2) is 6.07 Å². The molecule has 1 heterocycles. The fourth-order valence-electron chi connectivity index (χ4n) is 1.52. The second kappa shape index (κ2) is 6.24. The molecule has 0 aliphatic rings. The second-order valence-corrected chi connectivity index (χ2v) is 4.30. The predicted octanol–water partition coefficient (Wildman–Crippen LogP) is 0.406. The highest BCUT2D eigenvalue weighted by Crippen LogP contribution is 2.06. The van der Waals surface area contributed by atoms with Crippen molar-refractivity contribution in [1.82, 2.24) is 20.0 Å². The van der Waals surface area contributed by atoms with Crippen LogP contribution in [0.5, 0.6) is 0 Å². The maximum absolute atomic E-state index is 12.1. The molecule has 0 spiro atoms. The van der Waals surface area contributed by atoms with Gasteiger partial charge in [-0.05, 0) is 20.5 Å². The Morgan fingerprint density at radius 1 is 1.41 bits per heavy atom. The van der Waals surface area contributed by atoms with E-state index in [0.717, 1.165) is 19.5 Å². The third kappa shape index (κ3) is 4.07. The van der Waals surface area contributed by atoms with Crippen LogP contribution in [0.1, 0.15) is 23.8 Å². The van der Waals surface area contributed by atoms with E-state index in [1.807, 2.05) is 19.0 Å². The molecule has 0 aliphatic carbocycles. The number of nitrogens with zero attached hydrogens (tertiary/aromatic N) is 3. The highest BCUT2D eigenvalue weighted by molar-refractivity contribution is 5.92. The van der Waals surface area contributed by atoms with Crippen molar-refractivity contribution < 1.29 is 4.79 Å². The highest BCUT2D eigenvalue weighted by atomic mass is 16.2. The van der Waals surface area contributed by atoms with Crippen molar-refractivity contribution in [3.05, 3.63) is 11.8 Å². The van der Waals surface area contributed by atoms with Gasteiger partial charge in [0.1, 0.15) is 11.5 Å². The standard InChI is InChI=1S/C11H21N5O/c1-4-5-16(7-6-15(2)3)11(17)9-8-10(12)14-13-9/h8H,4-7H2,1-3H3,(H3,12,13,14). The van der Waals surface area contributed by atoms with E-state index in [-0.39, 0.29) is 5.91 Å². The number of nitrogens with two attached hydrogens (primary N) is 1. The number of carbonyl (C=O) groups excluding carboxylic acids is 1. The highest BCUT2D eigenvalue weighted by Gasteiger charge is 2.16. The van der Waals surface area contributed by atoms with E-state index in [9.17, 15) is 4.79 Å². The fourth-order valence-corrected chi connectivity index (χ4v) is 1.52. The van der Waals surface area contributed by atoms with Crippen LogP contribution in [0.2, 0.25) is 0 Å². The van der Waals surface area contributed by atoms with Crippen molar-refractivity contribution in [1.29, 1.82) is 0 Å². The Bertz CT molecular complexity index is 360. The lowest BCUT2D eigenvalue weighted by Gasteiger charge is -2.23. The molecule has 0 fully saturated rings. The van der Waals surface area contributed by atoms with Crippen LogP contribution in [0.3, 0.4) is 0 Å². The number of rotatable bonds is 6. The summed E-state index contributed by atoms with van der Waals surface area (Å²) in [5.74, 6) is 0.301. The molecule has 6 heteroatoms. The zero-order chi connectivity index (χ0) is 12.8. The van der Waals surface area contributed by atoms with Gasteiger partial charge in [-0.1, -0.05) is 6.92 Å². The first-order valence-electron chi connectivity index (χ1n) is 5.79. The molecule has 0 aliphatic heterocycles. The van der Waals surface area contributed by atoms with Crippen LogP contribution < -0.4 is 5.73 Å². The summed E-state index contributed by atoms with van der Waals surface area (Å²) in [6.45, 7) is 4.34. The fraction of sp³-hybridized carbons (Fsp3) is 0.636. The topological polar surface area (TPSA) is 78.2 Å². The lowest BCUT2D eigenvalue weighted by atomic mass is 10.3. The van der Waals surface area contributed by atoms with Gasteiger partial charge in [0.2, 0.25) is 0 Å². The van der Waals surface area contributed by atoms with Gasteiger partial charge in [-0.15, -0.1) is 0 Å². The van der Waals surface area contributed by atoms with Crippen LogP contribution in [0.4, 0.5) is 5.82 Å². The number of H-pyrrole nitrogens is 1. The summed E-state index contributed by atoms with van der Waals surface area (Å²) in [7, 11) is 3.98. The monoisotopic (exact) mass is 239 g/mol. The van der Waals surface area contributed by atoms with Crippen molar-refractivity contribution in [2.45, 2.75) is 13.3 Å². The average Bonchev–Trinajstić information content (AvgIpc) is 2.70. The summed E-state index contributed by atoms with van der Waals surface area (Å²) in [6, 6.07) is 1.57. The Morgan fingerprint density at radius 3 is 2.59 bits per heavy atom. The van der Waals surface area contributed by atoms with Gasteiger partial charge in [0.05, 0.1) is 0 Å². The summed E-state index contributed by atoms with van der Waals surface area (Å²) in [5, 5.41) is 6.42. The van der Waals surface area contributed by atoms with E-state index in [2.05, 4.69) is 22.0 Å². The maximum Gasteiger partial charge on any atom is 0.271 e. The number of aromatic nitrogens is 2. The molecular weight excluding hydrogens is 218 g/mol. The Balaban J connectivity index is 2.66. The SMILES string of the molecule is CCCN(CCN(C)C)C(=O)c1cc(N)n[nH]1. The number of aromatic amines is 1. The largest absolute Gasteiger partial charge is 0.382 e. The van der Waals surface area contributed by atoms with Gasteiger partial charge in [-0.2, -0.15) is 5.10 Å². The van der Waals surface area contributed by atoms with Crippen LogP contribution in [-0.4, -0.2) is 59.6 Å². The molecule has 0 unspecified atom stereocenters. The van der Waals surface area contributed by atoms with Gasteiger partial charge in [0, 0.05) is 25.7 Å². The van der Waals surface area contributed by atoms with Gasteiger partial charge in [0.15, 0.2) is 0 Å². The third-order valence-electron chi connectivity index (χ3n) is 2.43. The van der Waals surface area contributed by atoms with Crippen LogP contribution in [0, 0.1) is 0 Å². The number of nitrogens with one attached hydrogen (secondary N) is 1. The normalized spacial score (nSPS) is 10.8. The summed E-state index contributed by atoms with van der Waals surface area (Å²) in [4.78, 5) is 16.0. The quantitative estimate of drug-likeness (QED) is 0.753. The van der Waals surface area contributed by atoms with E-state index in [1.165, 1.54) is 0 Å². The first-order chi connectivity index (χ1) is 8.04. The van der Waals surface area contributed by atoms with Gasteiger partial charge < -0.3 is 15.5 Å².